The molecule has 230 valence electrons. The second-order valence-corrected chi connectivity index (χ2v) is 11.0. The molecule has 2 aromatic carbocycles. The van der Waals surface area contributed by atoms with E-state index in [1.807, 2.05) is 16.6 Å². The summed E-state index contributed by atoms with van der Waals surface area (Å²) in [7, 11) is 2.08. The molecule has 0 saturated carbocycles. The highest BCUT2D eigenvalue weighted by molar-refractivity contribution is 6.04. The second kappa shape index (κ2) is 12.1. The molecular weight excluding hydrogens is 586 g/mol. The van der Waals surface area contributed by atoms with Gasteiger partial charge in [0.05, 0.1) is 17.5 Å². The van der Waals surface area contributed by atoms with Crippen molar-refractivity contribution in [3.8, 4) is 11.3 Å². The normalized spacial score (nSPS) is 16.0. The van der Waals surface area contributed by atoms with Crippen LogP contribution in [0.4, 0.5) is 29.2 Å². The van der Waals surface area contributed by atoms with Gasteiger partial charge in [-0.1, -0.05) is 30.3 Å². The number of fused-ring (bicyclic) bond motifs is 1. The van der Waals surface area contributed by atoms with Gasteiger partial charge in [0.2, 0.25) is 0 Å². The quantitative estimate of drug-likeness (QED) is 0.205. The van der Waals surface area contributed by atoms with Gasteiger partial charge in [-0.2, -0.15) is 13.2 Å². The van der Waals surface area contributed by atoms with E-state index in [-0.39, 0.29) is 28.9 Å². The van der Waals surface area contributed by atoms with Crippen LogP contribution in [0.3, 0.4) is 0 Å². The van der Waals surface area contributed by atoms with Gasteiger partial charge in [0.15, 0.2) is 0 Å². The molecule has 5 aromatic rings. The van der Waals surface area contributed by atoms with E-state index >= 15 is 0 Å². The zero-order valence-electron chi connectivity index (χ0n) is 24.2. The fraction of sp³-hybridized carbons (Fsp3) is 0.212. The lowest BCUT2D eigenvalue weighted by Crippen LogP contribution is -2.31. The van der Waals surface area contributed by atoms with Crippen molar-refractivity contribution in [3.05, 3.63) is 107 Å². The molecule has 3 N–H and O–H groups in total. The summed E-state index contributed by atoms with van der Waals surface area (Å²) in [6.07, 6.45) is 3.83. The fourth-order valence-corrected chi connectivity index (χ4v) is 5.56. The Morgan fingerprint density at radius 1 is 1.04 bits per heavy atom. The van der Waals surface area contributed by atoms with Gasteiger partial charge in [0.25, 0.3) is 5.91 Å². The summed E-state index contributed by atoms with van der Waals surface area (Å²) < 4.78 is 54.7. The number of carbonyl (C=O) groups excluding carboxylic acids is 1. The van der Waals surface area contributed by atoms with E-state index in [2.05, 4.69) is 27.2 Å². The molecule has 6 rings (SSSR count). The van der Waals surface area contributed by atoms with Gasteiger partial charge in [-0.25, -0.2) is 19.3 Å². The van der Waals surface area contributed by atoms with Crippen LogP contribution in [0, 0.1) is 5.82 Å². The zero-order chi connectivity index (χ0) is 31.7. The van der Waals surface area contributed by atoms with Crippen molar-refractivity contribution in [2.24, 2.45) is 0 Å². The van der Waals surface area contributed by atoms with E-state index in [1.54, 1.807) is 42.6 Å². The highest BCUT2D eigenvalue weighted by Gasteiger charge is 2.31. The first-order chi connectivity index (χ1) is 21.6. The number of nitrogens with zero attached hydrogens (tertiary/aromatic N) is 5. The zero-order valence-corrected chi connectivity index (χ0v) is 24.2. The third kappa shape index (κ3) is 6.41. The number of hydrogen-bond acceptors (Lipinski definition) is 6. The van der Waals surface area contributed by atoms with Gasteiger partial charge < -0.3 is 16.0 Å². The molecule has 0 spiro atoms. The summed E-state index contributed by atoms with van der Waals surface area (Å²) >= 11 is 0. The maximum Gasteiger partial charge on any atom is 0.416 e. The Balaban J connectivity index is 1.37. The Kier molecular flexibility index (Phi) is 8.07. The Hall–Kier alpha value is -5.10. The maximum atomic E-state index is 13.5. The lowest BCUT2D eigenvalue weighted by atomic mass is 9.97. The average Bonchev–Trinajstić information content (AvgIpc) is 3.43. The van der Waals surface area contributed by atoms with Gasteiger partial charge >= 0.3 is 6.18 Å². The average molecular weight is 616 g/mol. The molecule has 0 bridgehead atoms. The van der Waals surface area contributed by atoms with Crippen LogP contribution in [0.2, 0.25) is 0 Å². The van der Waals surface area contributed by atoms with E-state index in [4.69, 9.17) is 10.7 Å². The van der Waals surface area contributed by atoms with Gasteiger partial charge in [-0.05, 0) is 74.5 Å². The fourth-order valence-electron chi connectivity index (χ4n) is 5.56. The Morgan fingerprint density at radius 3 is 2.51 bits per heavy atom. The summed E-state index contributed by atoms with van der Waals surface area (Å²) in [6, 6.07) is 14.4. The van der Waals surface area contributed by atoms with E-state index in [9.17, 15) is 22.4 Å². The van der Waals surface area contributed by atoms with Crippen molar-refractivity contribution < 1.29 is 22.4 Å². The predicted molar refractivity (Wildman–Crippen MR) is 165 cm³/mol. The van der Waals surface area contributed by atoms with Crippen molar-refractivity contribution in [1.82, 2.24) is 24.3 Å². The summed E-state index contributed by atoms with van der Waals surface area (Å²) in [6.45, 7) is 1.80. The SMILES string of the molecule is CN1CCCC(c2nc(-c3ccc(C(=O)Nc4cc(C(F)(F)F)ccn4)cc3)c3c(N)ncc(/C=C/c4ccc(F)cc4)n23)C1. The van der Waals surface area contributed by atoms with Crippen LogP contribution in [-0.4, -0.2) is 50.3 Å². The number of anilines is 2. The first-order valence-corrected chi connectivity index (χ1v) is 14.3. The number of amides is 1. The lowest BCUT2D eigenvalue weighted by molar-refractivity contribution is -0.137. The number of halogens is 4. The molecule has 1 aliphatic heterocycles. The van der Waals surface area contributed by atoms with Gasteiger partial charge in [0, 0.05) is 29.8 Å². The molecule has 1 saturated heterocycles. The van der Waals surface area contributed by atoms with Crippen LogP contribution in [0.5, 0.6) is 0 Å². The number of alkyl halides is 3. The molecule has 1 atom stereocenters. The van der Waals surface area contributed by atoms with Gasteiger partial charge in [-0.15, -0.1) is 0 Å². The van der Waals surface area contributed by atoms with E-state index in [0.717, 1.165) is 61.3 Å². The minimum Gasteiger partial charge on any atom is -0.382 e. The highest BCUT2D eigenvalue weighted by Crippen LogP contribution is 2.35. The number of nitrogens with two attached hydrogens (primary N) is 1. The third-order valence-corrected chi connectivity index (χ3v) is 7.80. The standard InChI is InChI=1S/C33H29F4N7O/c1-43-16-2-3-23(19-43)31-42-28(29-30(38)40-18-26(44(29)31)13-6-20-4-11-25(34)12-5-20)21-7-9-22(10-8-21)32(45)41-27-17-24(14-15-39-27)33(35,36)37/h4-15,17-18,23H,2-3,16,19H2,1H3,(H2,38,40)(H,39,41,45)/b13-6+. The van der Waals surface area contributed by atoms with Gasteiger partial charge in [0.1, 0.15) is 34.5 Å². The van der Waals surface area contributed by atoms with Crippen molar-refractivity contribution in [3.63, 3.8) is 0 Å². The van der Waals surface area contributed by atoms with Crippen molar-refractivity contribution in [2.45, 2.75) is 24.9 Å². The number of likely N-dealkylation sites (tertiary alicyclic amines) is 1. The van der Waals surface area contributed by atoms with Crippen LogP contribution < -0.4 is 11.1 Å². The largest absolute Gasteiger partial charge is 0.416 e. The highest BCUT2D eigenvalue weighted by atomic mass is 19.4. The van der Waals surface area contributed by atoms with Crippen LogP contribution in [-0.2, 0) is 6.18 Å². The smallest absolute Gasteiger partial charge is 0.382 e. The molecule has 45 heavy (non-hydrogen) atoms. The number of piperidine rings is 1. The number of imidazole rings is 1. The predicted octanol–water partition coefficient (Wildman–Crippen LogP) is 6.76. The first-order valence-electron chi connectivity index (χ1n) is 14.3. The van der Waals surface area contributed by atoms with Crippen LogP contribution in [0.15, 0.2) is 73.1 Å². The molecule has 0 aliphatic carbocycles. The summed E-state index contributed by atoms with van der Waals surface area (Å²) in [4.78, 5) is 28.5. The number of nitrogens with one attached hydrogen (secondary N) is 1. The molecule has 1 amide bonds. The minimum absolute atomic E-state index is 0.120. The number of hydrogen-bond donors (Lipinski definition) is 2. The maximum absolute atomic E-state index is 13.5. The number of rotatable bonds is 6. The molecule has 1 fully saturated rings. The van der Waals surface area contributed by atoms with Crippen molar-refractivity contribution >= 4 is 35.2 Å². The number of aromatic nitrogens is 4. The molecule has 12 heteroatoms. The van der Waals surface area contributed by atoms with E-state index < -0.39 is 17.6 Å². The molecule has 4 heterocycles. The lowest BCUT2D eigenvalue weighted by Gasteiger charge is -2.29. The third-order valence-electron chi connectivity index (χ3n) is 7.80. The number of pyridine rings is 1. The summed E-state index contributed by atoms with van der Waals surface area (Å²) in [5, 5.41) is 2.43. The number of nitrogen functional groups attached to an aromatic ring is 1. The van der Waals surface area contributed by atoms with Crippen LogP contribution in [0.1, 0.15) is 51.8 Å². The van der Waals surface area contributed by atoms with Crippen LogP contribution >= 0.6 is 0 Å². The monoisotopic (exact) mass is 615 g/mol. The minimum atomic E-state index is -4.56. The summed E-state index contributed by atoms with van der Waals surface area (Å²) in [5.74, 6) is 0.1000. The molecule has 8 nitrogen and oxygen atoms in total. The number of likely N-dealkylation sites (N-methyl/N-ethyl adjacent to an activating group) is 1. The van der Waals surface area contributed by atoms with E-state index in [1.165, 1.54) is 12.1 Å². The molecule has 0 radical (unpaired) electrons. The molecular formula is C33H29F4N7O. The second-order valence-electron chi connectivity index (χ2n) is 11.0. The van der Waals surface area contributed by atoms with Crippen molar-refractivity contribution in [2.75, 3.05) is 31.2 Å². The van der Waals surface area contributed by atoms with E-state index in [0.29, 0.717) is 16.8 Å². The molecule has 1 aliphatic rings. The Morgan fingerprint density at radius 2 is 1.80 bits per heavy atom. The molecule has 3 aromatic heterocycles. The molecule has 1 unspecified atom stereocenters. The Labute approximate surface area is 256 Å². The Bertz CT molecular complexity index is 1880. The first kappa shape index (κ1) is 29.9. The van der Waals surface area contributed by atoms with Crippen LogP contribution in [0.25, 0.3) is 28.9 Å². The summed E-state index contributed by atoms with van der Waals surface area (Å²) in [5.41, 5.74) is 9.23. The van der Waals surface area contributed by atoms with Gasteiger partial charge in [-0.3, -0.25) is 9.20 Å². The topological polar surface area (TPSA) is 101 Å². The number of benzene rings is 2. The number of carbonyl (C=O) groups is 1. The van der Waals surface area contributed by atoms with Crippen molar-refractivity contribution in [1.29, 1.82) is 0 Å².